The van der Waals surface area contributed by atoms with Gasteiger partial charge in [-0.15, -0.1) is 0 Å². The summed E-state index contributed by atoms with van der Waals surface area (Å²) in [5.41, 5.74) is 10.9. The molecule has 2 amide bonds. The van der Waals surface area contributed by atoms with E-state index in [0.29, 0.717) is 5.92 Å². The molecule has 1 heterocycles. The number of likely N-dealkylation sites (tertiary alicyclic amines) is 1. The molecule has 14 heavy (non-hydrogen) atoms. The number of hydrogen-bond acceptors (Lipinski definition) is 2. The quantitative estimate of drug-likeness (QED) is 0.709. The second kappa shape index (κ2) is 5.20. The van der Waals surface area contributed by atoms with Gasteiger partial charge >= 0.3 is 6.03 Å². The van der Waals surface area contributed by atoms with E-state index in [0.717, 1.165) is 32.4 Å². The predicted molar refractivity (Wildman–Crippen MR) is 56.8 cm³/mol. The topological polar surface area (TPSA) is 72.3 Å². The van der Waals surface area contributed by atoms with Crippen LogP contribution >= 0.6 is 0 Å². The summed E-state index contributed by atoms with van der Waals surface area (Å²) >= 11 is 0. The zero-order valence-corrected chi connectivity index (χ0v) is 8.91. The number of primary amides is 1. The summed E-state index contributed by atoms with van der Waals surface area (Å²) in [5, 5.41) is 0. The summed E-state index contributed by atoms with van der Waals surface area (Å²) in [6.07, 6.45) is 4.43. The van der Waals surface area contributed by atoms with Crippen LogP contribution in [-0.4, -0.2) is 30.1 Å². The van der Waals surface area contributed by atoms with Gasteiger partial charge in [0.1, 0.15) is 0 Å². The highest BCUT2D eigenvalue weighted by molar-refractivity contribution is 5.72. The molecule has 0 saturated carbocycles. The van der Waals surface area contributed by atoms with Crippen molar-refractivity contribution in [3.63, 3.8) is 0 Å². The Morgan fingerprint density at radius 3 is 2.93 bits per heavy atom. The number of piperidine rings is 1. The fraction of sp³-hybridized carbons (Fsp3) is 0.900. The van der Waals surface area contributed by atoms with Crippen LogP contribution in [0.25, 0.3) is 0 Å². The van der Waals surface area contributed by atoms with Crippen LogP contribution in [-0.2, 0) is 0 Å². The molecular weight excluding hydrogens is 178 g/mol. The highest BCUT2D eigenvalue weighted by Gasteiger charge is 2.21. The van der Waals surface area contributed by atoms with E-state index < -0.39 is 0 Å². The van der Waals surface area contributed by atoms with E-state index in [-0.39, 0.29) is 12.1 Å². The maximum atomic E-state index is 11.0. The van der Waals surface area contributed by atoms with Gasteiger partial charge in [-0.05, 0) is 38.5 Å². The van der Waals surface area contributed by atoms with Crippen molar-refractivity contribution in [1.29, 1.82) is 0 Å². The van der Waals surface area contributed by atoms with Crippen molar-refractivity contribution in [3.05, 3.63) is 0 Å². The number of nitrogens with two attached hydrogens (primary N) is 2. The molecule has 0 aromatic carbocycles. The number of hydrogen-bond donors (Lipinski definition) is 2. The zero-order valence-electron chi connectivity index (χ0n) is 8.91. The molecule has 82 valence electrons. The predicted octanol–water partition coefficient (Wildman–Crippen LogP) is 0.905. The van der Waals surface area contributed by atoms with Crippen LogP contribution < -0.4 is 11.5 Å². The molecule has 0 aliphatic carbocycles. The minimum Gasteiger partial charge on any atom is -0.351 e. The molecule has 2 unspecified atom stereocenters. The largest absolute Gasteiger partial charge is 0.351 e. The lowest BCUT2D eigenvalue weighted by Gasteiger charge is -2.31. The van der Waals surface area contributed by atoms with Crippen molar-refractivity contribution in [2.45, 2.75) is 38.6 Å². The Balaban J connectivity index is 2.29. The van der Waals surface area contributed by atoms with Crippen LogP contribution in [0.4, 0.5) is 4.79 Å². The first-order valence-corrected chi connectivity index (χ1v) is 5.39. The van der Waals surface area contributed by atoms with E-state index in [1.54, 1.807) is 4.90 Å². The lowest BCUT2D eigenvalue weighted by molar-refractivity contribution is 0.169. The summed E-state index contributed by atoms with van der Waals surface area (Å²) in [4.78, 5) is 12.7. The summed E-state index contributed by atoms with van der Waals surface area (Å²) in [6, 6.07) is -0.0190. The second-order valence-electron chi connectivity index (χ2n) is 4.35. The molecule has 0 aromatic rings. The van der Waals surface area contributed by atoms with Crippen LogP contribution in [0.5, 0.6) is 0 Å². The molecule has 4 nitrogen and oxygen atoms in total. The van der Waals surface area contributed by atoms with Crippen LogP contribution in [0.1, 0.15) is 32.6 Å². The van der Waals surface area contributed by atoms with E-state index in [2.05, 4.69) is 0 Å². The molecule has 2 atom stereocenters. The molecular formula is C10H21N3O. The van der Waals surface area contributed by atoms with Gasteiger partial charge in [-0.2, -0.15) is 0 Å². The lowest BCUT2D eigenvalue weighted by atomic mass is 9.92. The Bertz CT molecular complexity index is 194. The van der Waals surface area contributed by atoms with Gasteiger partial charge in [-0.3, -0.25) is 0 Å². The Morgan fingerprint density at radius 1 is 1.64 bits per heavy atom. The number of urea groups is 1. The number of amides is 2. The average Bonchev–Trinajstić information content (AvgIpc) is 2.15. The Kier molecular flexibility index (Phi) is 4.20. The molecule has 1 rings (SSSR count). The molecule has 4 N–H and O–H groups in total. The summed E-state index contributed by atoms with van der Waals surface area (Å²) in [7, 11) is 0. The van der Waals surface area contributed by atoms with Gasteiger partial charge in [0.05, 0.1) is 0 Å². The molecule has 0 radical (unpaired) electrons. The molecule has 0 spiro atoms. The van der Waals surface area contributed by atoms with Crippen molar-refractivity contribution in [3.8, 4) is 0 Å². The Morgan fingerprint density at radius 2 is 2.36 bits per heavy atom. The van der Waals surface area contributed by atoms with Crippen molar-refractivity contribution < 1.29 is 4.79 Å². The van der Waals surface area contributed by atoms with Crippen LogP contribution in [0.3, 0.4) is 0 Å². The van der Waals surface area contributed by atoms with E-state index in [4.69, 9.17) is 11.5 Å². The molecule has 1 saturated heterocycles. The highest BCUT2D eigenvalue weighted by Crippen LogP contribution is 2.21. The van der Waals surface area contributed by atoms with E-state index in [9.17, 15) is 4.79 Å². The summed E-state index contributed by atoms with van der Waals surface area (Å²) in [6.45, 7) is 3.67. The zero-order chi connectivity index (χ0) is 10.6. The van der Waals surface area contributed by atoms with Gasteiger partial charge in [-0.25, -0.2) is 4.79 Å². The molecule has 4 heteroatoms. The van der Waals surface area contributed by atoms with Gasteiger partial charge in [0.25, 0.3) is 0 Å². The highest BCUT2D eigenvalue weighted by atomic mass is 16.2. The van der Waals surface area contributed by atoms with Crippen molar-refractivity contribution >= 4 is 6.03 Å². The smallest absolute Gasteiger partial charge is 0.314 e. The molecule has 1 aliphatic heterocycles. The first kappa shape index (κ1) is 11.3. The molecule has 1 aliphatic rings. The van der Waals surface area contributed by atoms with Gasteiger partial charge in [0, 0.05) is 19.1 Å². The van der Waals surface area contributed by atoms with Gasteiger partial charge < -0.3 is 16.4 Å². The van der Waals surface area contributed by atoms with Gasteiger partial charge in [0.2, 0.25) is 0 Å². The monoisotopic (exact) mass is 199 g/mol. The van der Waals surface area contributed by atoms with Crippen LogP contribution in [0.15, 0.2) is 0 Å². The third-order valence-corrected chi connectivity index (χ3v) is 2.86. The van der Waals surface area contributed by atoms with Crippen molar-refractivity contribution in [2.75, 3.05) is 13.1 Å². The third kappa shape index (κ3) is 3.54. The molecule has 0 bridgehead atoms. The lowest BCUT2D eigenvalue weighted by Crippen LogP contribution is -2.43. The van der Waals surface area contributed by atoms with E-state index >= 15 is 0 Å². The van der Waals surface area contributed by atoms with Crippen molar-refractivity contribution in [2.24, 2.45) is 17.4 Å². The maximum Gasteiger partial charge on any atom is 0.314 e. The number of nitrogens with zero attached hydrogens (tertiary/aromatic N) is 1. The SMILES string of the molecule is CC(N)CCC1CCCN(C(N)=O)C1. The maximum absolute atomic E-state index is 11.0. The Hall–Kier alpha value is -0.770. The van der Waals surface area contributed by atoms with Crippen LogP contribution in [0.2, 0.25) is 0 Å². The van der Waals surface area contributed by atoms with E-state index in [1.807, 2.05) is 6.92 Å². The third-order valence-electron chi connectivity index (χ3n) is 2.86. The minimum atomic E-state index is -0.282. The molecule has 1 fully saturated rings. The average molecular weight is 199 g/mol. The second-order valence-corrected chi connectivity index (χ2v) is 4.35. The first-order chi connectivity index (χ1) is 6.59. The standard InChI is InChI=1S/C10H21N3O/c1-8(11)4-5-9-3-2-6-13(7-9)10(12)14/h8-9H,2-7,11H2,1H3,(H2,12,14). The van der Waals surface area contributed by atoms with Gasteiger partial charge in [0.15, 0.2) is 0 Å². The molecule has 0 aromatic heterocycles. The number of carbonyl (C=O) groups is 1. The summed E-state index contributed by atoms with van der Waals surface area (Å²) < 4.78 is 0. The van der Waals surface area contributed by atoms with Crippen molar-refractivity contribution in [1.82, 2.24) is 4.90 Å². The normalized spacial score (nSPS) is 24.7. The number of rotatable bonds is 3. The van der Waals surface area contributed by atoms with Gasteiger partial charge in [-0.1, -0.05) is 0 Å². The Labute approximate surface area is 85.6 Å². The first-order valence-electron chi connectivity index (χ1n) is 5.39. The minimum absolute atomic E-state index is 0.263. The van der Waals surface area contributed by atoms with Crippen LogP contribution in [0, 0.1) is 5.92 Å². The number of carbonyl (C=O) groups excluding carboxylic acids is 1. The van der Waals surface area contributed by atoms with E-state index in [1.165, 1.54) is 6.42 Å². The fourth-order valence-corrected chi connectivity index (χ4v) is 2.00. The summed E-state index contributed by atoms with van der Waals surface area (Å²) in [5.74, 6) is 0.599. The fourth-order valence-electron chi connectivity index (χ4n) is 2.00.